The highest BCUT2D eigenvalue weighted by atomic mass is 16.6. The molecule has 0 aliphatic rings. The minimum absolute atomic E-state index is 0.0798. The molecule has 0 aromatic carbocycles. The molecule has 0 aromatic heterocycles. The molecule has 6 nitrogen and oxygen atoms in total. The van der Waals surface area contributed by atoms with Gasteiger partial charge >= 0.3 is 17.9 Å². The fourth-order valence-electron chi connectivity index (χ4n) is 9.32. The molecule has 0 saturated carbocycles. The third kappa shape index (κ3) is 60.0. The molecule has 1 unspecified atom stereocenters. The van der Waals surface area contributed by atoms with E-state index in [1.165, 1.54) is 212 Å². The Balaban J connectivity index is 4.35. The maximum atomic E-state index is 12.9. The van der Waals surface area contributed by atoms with Crippen LogP contribution in [0.2, 0.25) is 0 Å². The van der Waals surface area contributed by atoms with Gasteiger partial charge in [-0.15, -0.1) is 0 Å². The van der Waals surface area contributed by atoms with Crippen LogP contribution in [0.15, 0.2) is 60.8 Å². The molecule has 0 aliphatic carbocycles. The van der Waals surface area contributed by atoms with Crippen molar-refractivity contribution < 1.29 is 28.6 Å². The lowest BCUT2D eigenvalue weighted by Crippen LogP contribution is -2.30. The van der Waals surface area contributed by atoms with Crippen LogP contribution in [0.5, 0.6) is 0 Å². The highest BCUT2D eigenvalue weighted by Crippen LogP contribution is 2.16. The van der Waals surface area contributed by atoms with Crippen molar-refractivity contribution in [3.63, 3.8) is 0 Å². The van der Waals surface area contributed by atoms with Crippen molar-refractivity contribution >= 4 is 17.9 Å². The minimum atomic E-state index is -0.784. The number of unbranched alkanes of at least 4 members (excludes halogenated alkanes) is 38. The molecule has 430 valence electrons. The molecule has 0 heterocycles. The lowest BCUT2D eigenvalue weighted by atomic mass is 10.0. The highest BCUT2D eigenvalue weighted by molar-refractivity contribution is 5.71. The Morgan fingerprint density at radius 3 is 0.770 bits per heavy atom. The van der Waals surface area contributed by atoms with E-state index in [1.54, 1.807) is 0 Å². The number of hydrogen-bond acceptors (Lipinski definition) is 6. The summed E-state index contributed by atoms with van der Waals surface area (Å²) in [5.74, 6) is -0.883. The molecule has 0 fully saturated rings. The van der Waals surface area contributed by atoms with E-state index in [1.807, 2.05) is 0 Å². The van der Waals surface area contributed by atoms with Crippen molar-refractivity contribution in [3.05, 3.63) is 60.8 Å². The quantitative estimate of drug-likeness (QED) is 0.0261. The molecule has 0 bridgehead atoms. The highest BCUT2D eigenvalue weighted by Gasteiger charge is 2.19. The predicted molar refractivity (Wildman–Crippen MR) is 321 cm³/mol. The smallest absolute Gasteiger partial charge is 0.306 e. The van der Waals surface area contributed by atoms with Crippen molar-refractivity contribution in [1.82, 2.24) is 0 Å². The molecule has 0 saturated heterocycles. The average Bonchev–Trinajstić information content (AvgIpc) is 3.40. The predicted octanol–water partition coefficient (Wildman–Crippen LogP) is 21.9. The van der Waals surface area contributed by atoms with Crippen molar-refractivity contribution in [1.29, 1.82) is 0 Å². The zero-order valence-electron chi connectivity index (χ0n) is 49.4. The fraction of sp³-hybridized carbons (Fsp3) is 0.809. The van der Waals surface area contributed by atoms with Gasteiger partial charge in [-0.3, -0.25) is 14.4 Å². The fourth-order valence-corrected chi connectivity index (χ4v) is 9.32. The zero-order valence-corrected chi connectivity index (χ0v) is 49.4. The van der Waals surface area contributed by atoms with Gasteiger partial charge in [0.05, 0.1) is 0 Å². The average molecular weight is 1040 g/mol. The van der Waals surface area contributed by atoms with Gasteiger partial charge in [0.25, 0.3) is 0 Å². The van der Waals surface area contributed by atoms with Crippen LogP contribution in [-0.2, 0) is 28.6 Å². The Bertz CT molecular complexity index is 1330. The van der Waals surface area contributed by atoms with E-state index in [0.29, 0.717) is 19.3 Å². The van der Waals surface area contributed by atoms with Gasteiger partial charge < -0.3 is 14.2 Å². The first-order chi connectivity index (χ1) is 36.5. The van der Waals surface area contributed by atoms with E-state index in [9.17, 15) is 14.4 Å². The molecular weight excluding hydrogens is 913 g/mol. The maximum absolute atomic E-state index is 12.9. The number of carbonyl (C=O) groups excluding carboxylic acids is 3. The first kappa shape index (κ1) is 71.1. The van der Waals surface area contributed by atoms with Crippen LogP contribution in [0, 0.1) is 0 Å². The maximum Gasteiger partial charge on any atom is 0.306 e. The molecular formula is C68H122O6. The Morgan fingerprint density at radius 2 is 0.486 bits per heavy atom. The summed E-state index contributed by atoms with van der Waals surface area (Å²) < 4.78 is 16.9. The number of esters is 3. The van der Waals surface area contributed by atoms with Crippen LogP contribution in [0.1, 0.15) is 335 Å². The Labute approximate surface area is 460 Å². The summed E-state index contributed by atoms with van der Waals surface area (Å²) in [6.45, 7) is 6.63. The Kier molecular flexibility index (Phi) is 60.2. The summed E-state index contributed by atoms with van der Waals surface area (Å²) in [6.07, 6.45) is 79.3. The SMILES string of the molecule is CCCCCC/C=C\C/C=C\CCCCCCCC(=O)OCC(COC(=O)CCCCCCCCCCCCC/C=C\C/C=C\CCCCCCC)OC(=O)CCCCCCCCC/C=C\CCCCCCCC. The van der Waals surface area contributed by atoms with Gasteiger partial charge in [-0.25, -0.2) is 0 Å². The van der Waals surface area contributed by atoms with Gasteiger partial charge in [-0.1, -0.05) is 268 Å². The van der Waals surface area contributed by atoms with E-state index < -0.39 is 6.10 Å². The second kappa shape index (κ2) is 62.6. The van der Waals surface area contributed by atoms with Crippen molar-refractivity contribution in [2.75, 3.05) is 13.2 Å². The van der Waals surface area contributed by atoms with Crippen molar-refractivity contribution in [2.45, 2.75) is 341 Å². The number of allylic oxidation sites excluding steroid dienone is 10. The Hall–Kier alpha value is -2.89. The van der Waals surface area contributed by atoms with E-state index in [2.05, 4.69) is 81.5 Å². The first-order valence-electron chi connectivity index (χ1n) is 32.3. The van der Waals surface area contributed by atoms with E-state index in [0.717, 1.165) is 83.5 Å². The Morgan fingerprint density at radius 1 is 0.270 bits per heavy atom. The lowest BCUT2D eigenvalue weighted by molar-refractivity contribution is -0.167. The van der Waals surface area contributed by atoms with Crippen LogP contribution in [0.4, 0.5) is 0 Å². The zero-order chi connectivity index (χ0) is 53.6. The summed E-state index contributed by atoms with van der Waals surface area (Å²) in [4.78, 5) is 38.3. The number of hydrogen-bond donors (Lipinski definition) is 0. The molecule has 0 aliphatic heterocycles. The molecule has 0 rings (SSSR count). The molecule has 0 amide bonds. The van der Waals surface area contributed by atoms with Crippen LogP contribution in [0.25, 0.3) is 0 Å². The number of ether oxygens (including phenoxy) is 3. The minimum Gasteiger partial charge on any atom is -0.462 e. The summed E-state index contributed by atoms with van der Waals surface area (Å²) in [5, 5.41) is 0. The third-order valence-electron chi connectivity index (χ3n) is 14.2. The summed E-state index contributed by atoms with van der Waals surface area (Å²) >= 11 is 0. The molecule has 0 N–H and O–H groups in total. The van der Waals surface area contributed by atoms with Crippen LogP contribution in [0.3, 0.4) is 0 Å². The molecule has 0 spiro atoms. The van der Waals surface area contributed by atoms with Gasteiger partial charge in [-0.2, -0.15) is 0 Å². The number of carbonyl (C=O) groups is 3. The molecule has 74 heavy (non-hydrogen) atoms. The molecule has 0 aromatic rings. The summed E-state index contributed by atoms with van der Waals surface area (Å²) in [7, 11) is 0. The molecule has 6 heteroatoms. The van der Waals surface area contributed by atoms with Gasteiger partial charge in [0.15, 0.2) is 6.10 Å². The van der Waals surface area contributed by atoms with E-state index in [-0.39, 0.29) is 31.1 Å². The van der Waals surface area contributed by atoms with Crippen molar-refractivity contribution in [3.8, 4) is 0 Å². The summed E-state index contributed by atoms with van der Waals surface area (Å²) in [6, 6.07) is 0. The van der Waals surface area contributed by atoms with E-state index >= 15 is 0 Å². The monoisotopic (exact) mass is 1030 g/mol. The van der Waals surface area contributed by atoms with Gasteiger partial charge in [-0.05, 0) is 109 Å². The first-order valence-corrected chi connectivity index (χ1v) is 32.3. The summed E-state index contributed by atoms with van der Waals surface area (Å²) in [5.41, 5.74) is 0. The third-order valence-corrected chi connectivity index (χ3v) is 14.2. The van der Waals surface area contributed by atoms with Crippen molar-refractivity contribution in [2.24, 2.45) is 0 Å². The second-order valence-corrected chi connectivity index (χ2v) is 21.7. The standard InChI is InChI=1S/C68H122O6/c1-4-7-10-13-16-19-22-25-28-31-32-33-34-35-36-38-40-43-46-49-52-55-58-61-67(70)73-64-65(63-72-66(69)60-57-54-51-48-45-42-39-30-27-24-21-18-15-12-9-6-3)74-68(71)62-59-56-53-50-47-44-41-37-29-26-23-20-17-14-11-8-5-2/h21-22,24-26,29-32,39,65H,4-20,23,27-28,33-38,40-64H2,1-3H3/b24-21-,25-22-,29-26-,32-31-,39-30-. The molecule has 0 radical (unpaired) electrons. The molecule has 1 atom stereocenters. The second-order valence-electron chi connectivity index (χ2n) is 21.7. The van der Waals surface area contributed by atoms with Gasteiger partial charge in [0.1, 0.15) is 13.2 Å². The van der Waals surface area contributed by atoms with Crippen LogP contribution in [-0.4, -0.2) is 37.2 Å². The normalized spacial score (nSPS) is 12.4. The topological polar surface area (TPSA) is 78.9 Å². The van der Waals surface area contributed by atoms with Crippen LogP contribution < -0.4 is 0 Å². The van der Waals surface area contributed by atoms with Gasteiger partial charge in [0, 0.05) is 19.3 Å². The number of rotatable bonds is 59. The lowest BCUT2D eigenvalue weighted by Gasteiger charge is -2.18. The largest absolute Gasteiger partial charge is 0.462 e. The van der Waals surface area contributed by atoms with Gasteiger partial charge in [0.2, 0.25) is 0 Å². The van der Waals surface area contributed by atoms with E-state index in [4.69, 9.17) is 14.2 Å². The van der Waals surface area contributed by atoms with Crippen LogP contribution >= 0.6 is 0 Å².